The van der Waals surface area contributed by atoms with Crippen molar-refractivity contribution < 1.29 is 12.8 Å². The Morgan fingerprint density at radius 3 is 2.75 bits per heavy atom. The Balaban J connectivity index is 2.31. The van der Waals surface area contributed by atoms with Crippen molar-refractivity contribution in [2.45, 2.75) is 29.9 Å². The first kappa shape index (κ1) is 15.3. The fourth-order valence-electron chi connectivity index (χ4n) is 1.62. The molecule has 0 unspecified atom stereocenters. The van der Waals surface area contributed by atoms with Crippen LogP contribution >= 0.6 is 11.8 Å². The molecule has 0 radical (unpaired) electrons. The summed E-state index contributed by atoms with van der Waals surface area (Å²) in [6, 6.07) is 4.75. The molecule has 0 aliphatic rings. The molecule has 0 atom stereocenters. The van der Waals surface area contributed by atoms with E-state index in [2.05, 4.69) is 11.9 Å². The highest BCUT2D eigenvalue weighted by Gasteiger charge is 2.18. The van der Waals surface area contributed by atoms with Crippen molar-refractivity contribution in [2.24, 2.45) is 0 Å². The molecular weight excluding hydrogens is 296 g/mol. The van der Waals surface area contributed by atoms with Crippen molar-refractivity contribution in [1.29, 1.82) is 0 Å². The Labute approximate surface area is 123 Å². The van der Waals surface area contributed by atoms with Gasteiger partial charge < -0.3 is 4.42 Å². The Morgan fingerprint density at radius 2 is 2.10 bits per heavy atom. The molecule has 0 aliphatic heterocycles. The monoisotopic (exact) mass is 314 g/mol. The van der Waals surface area contributed by atoms with Gasteiger partial charge in [0.25, 0.3) is 5.22 Å². The first-order valence-electron chi connectivity index (χ1n) is 6.41. The molecule has 0 bridgehead atoms. The smallest absolute Gasteiger partial charge is 0.256 e. The van der Waals surface area contributed by atoms with E-state index in [1.165, 1.54) is 18.4 Å². The number of benzene rings is 1. The van der Waals surface area contributed by atoms with E-state index in [0.717, 1.165) is 18.6 Å². The first-order valence-corrected chi connectivity index (χ1v) is 8.83. The average molecular weight is 314 g/mol. The summed E-state index contributed by atoms with van der Waals surface area (Å²) in [5, 5.41) is 0.591. The van der Waals surface area contributed by atoms with Crippen molar-refractivity contribution >= 4 is 32.9 Å². The van der Waals surface area contributed by atoms with Crippen LogP contribution in [-0.4, -0.2) is 37.6 Å². The van der Waals surface area contributed by atoms with Gasteiger partial charge in [-0.2, -0.15) is 0 Å². The summed E-state index contributed by atoms with van der Waals surface area (Å²) in [6.45, 7) is 2.13. The number of fused-ring (bicyclic) bond motifs is 1. The van der Waals surface area contributed by atoms with Gasteiger partial charge in [-0.05, 0) is 24.6 Å². The lowest BCUT2D eigenvalue weighted by Gasteiger charge is -2.10. The highest BCUT2D eigenvalue weighted by atomic mass is 32.2. The van der Waals surface area contributed by atoms with Crippen LogP contribution in [0.2, 0.25) is 0 Å². The minimum absolute atomic E-state index is 0.230. The first-order chi connectivity index (χ1) is 9.45. The number of aromatic nitrogens is 1. The standard InChI is InChI=1S/C13H18N2O3S2/c1-4-5-8-19-13-14-11-9-10(6-7-12(11)18-13)20(16,17)15(2)3/h6-7,9H,4-5,8H2,1-3H3. The molecule has 0 fully saturated rings. The van der Waals surface area contributed by atoms with E-state index in [0.29, 0.717) is 16.3 Å². The fourth-order valence-corrected chi connectivity index (χ4v) is 3.46. The summed E-state index contributed by atoms with van der Waals surface area (Å²) >= 11 is 1.55. The predicted molar refractivity (Wildman–Crippen MR) is 80.5 cm³/mol. The second kappa shape index (κ2) is 6.15. The predicted octanol–water partition coefficient (Wildman–Crippen LogP) is 2.97. The third kappa shape index (κ3) is 3.16. The molecule has 0 saturated heterocycles. The Kier molecular flexibility index (Phi) is 4.72. The number of hydrogen-bond donors (Lipinski definition) is 0. The Hall–Kier alpha value is -1.05. The van der Waals surface area contributed by atoms with Gasteiger partial charge in [-0.25, -0.2) is 17.7 Å². The maximum absolute atomic E-state index is 12.1. The number of oxazole rings is 1. The number of rotatable bonds is 6. The van der Waals surface area contributed by atoms with Crippen LogP contribution in [0.25, 0.3) is 11.1 Å². The van der Waals surface area contributed by atoms with E-state index in [9.17, 15) is 8.42 Å². The summed E-state index contributed by atoms with van der Waals surface area (Å²) in [5.41, 5.74) is 1.19. The molecule has 2 aromatic rings. The van der Waals surface area contributed by atoms with E-state index < -0.39 is 10.0 Å². The minimum Gasteiger partial charge on any atom is -0.431 e. The summed E-state index contributed by atoms with van der Waals surface area (Å²) in [4.78, 5) is 4.56. The summed E-state index contributed by atoms with van der Waals surface area (Å²) in [7, 11) is -0.419. The maximum atomic E-state index is 12.1. The van der Waals surface area contributed by atoms with Gasteiger partial charge in [0.15, 0.2) is 5.58 Å². The van der Waals surface area contributed by atoms with Crippen molar-refractivity contribution in [3.05, 3.63) is 18.2 Å². The molecule has 0 N–H and O–H groups in total. The van der Waals surface area contributed by atoms with Crippen molar-refractivity contribution in [1.82, 2.24) is 9.29 Å². The van der Waals surface area contributed by atoms with Gasteiger partial charge in [0.2, 0.25) is 10.0 Å². The molecular formula is C13H18N2O3S2. The lowest BCUT2D eigenvalue weighted by atomic mass is 10.3. The molecule has 0 saturated carbocycles. The molecule has 5 nitrogen and oxygen atoms in total. The van der Waals surface area contributed by atoms with Gasteiger partial charge in [0.05, 0.1) is 4.90 Å². The average Bonchev–Trinajstić information content (AvgIpc) is 2.80. The van der Waals surface area contributed by atoms with Crippen LogP contribution < -0.4 is 0 Å². The van der Waals surface area contributed by atoms with Gasteiger partial charge in [-0.1, -0.05) is 25.1 Å². The van der Waals surface area contributed by atoms with Crippen LogP contribution in [0, 0.1) is 0 Å². The number of nitrogens with zero attached hydrogens (tertiary/aromatic N) is 2. The summed E-state index contributed by atoms with van der Waals surface area (Å²) in [6.07, 6.45) is 2.22. The zero-order chi connectivity index (χ0) is 14.8. The van der Waals surface area contributed by atoms with Gasteiger partial charge in [0, 0.05) is 19.8 Å². The number of thioether (sulfide) groups is 1. The molecule has 1 aromatic carbocycles. The molecule has 1 heterocycles. The molecule has 110 valence electrons. The topological polar surface area (TPSA) is 63.4 Å². The molecule has 20 heavy (non-hydrogen) atoms. The highest BCUT2D eigenvalue weighted by molar-refractivity contribution is 7.99. The Bertz CT molecular complexity index is 693. The largest absolute Gasteiger partial charge is 0.431 e. The molecule has 0 spiro atoms. The van der Waals surface area contributed by atoms with Crippen molar-refractivity contribution in [3.8, 4) is 0 Å². The molecule has 2 rings (SSSR count). The van der Waals surface area contributed by atoms with Crippen LogP contribution in [0.15, 0.2) is 32.7 Å². The second-order valence-corrected chi connectivity index (χ2v) is 7.80. The SMILES string of the molecule is CCCCSc1nc2cc(S(=O)(=O)N(C)C)ccc2o1. The zero-order valence-corrected chi connectivity index (χ0v) is 13.4. The van der Waals surface area contributed by atoms with Crippen LogP contribution in [0.1, 0.15) is 19.8 Å². The number of unbranched alkanes of at least 4 members (excludes halogenated alkanes) is 1. The van der Waals surface area contributed by atoms with Crippen LogP contribution in [-0.2, 0) is 10.0 Å². The zero-order valence-electron chi connectivity index (χ0n) is 11.8. The lowest BCUT2D eigenvalue weighted by Crippen LogP contribution is -2.22. The quantitative estimate of drug-likeness (QED) is 0.606. The third-order valence-electron chi connectivity index (χ3n) is 2.84. The lowest BCUT2D eigenvalue weighted by molar-refractivity contribution is 0.489. The number of sulfonamides is 1. The van der Waals surface area contributed by atoms with Crippen LogP contribution in [0.3, 0.4) is 0 Å². The highest BCUT2D eigenvalue weighted by Crippen LogP contribution is 2.26. The second-order valence-electron chi connectivity index (χ2n) is 4.60. The normalized spacial score (nSPS) is 12.4. The third-order valence-corrected chi connectivity index (χ3v) is 5.57. The Morgan fingerprint density at radius 1 is 1.35 bits per heavy atom. The van der Waals surface area contributed by atoms with E-state index in [1.807, 2.05) is 0 Å². The van der Waals surface area contributed by atoms with Gasteiger partial charge >= 0.3 is 0 Å². The summed E-state index contributed by atoms with van der Waals surface area (Å²) in [5.74, 6) is 0.951. The van der Waals surface area contributed by atoms with Gasteiger partial charge in [0.1, 0.15) is 5.52 Å². The van der Waals surface area contributed by atoms with Gasteiger partial charge in [-0.3, -0.25) is 0 Å². The molecule has 0 amide bonds. The van der Waals surface area contributed by atoms with E-state index >= 15 is 0 Å². The van der Waals surface area contributed by atoms with Crippen molar-refractivity contribution in [2.75, 3.05) is 19.8 Å². The maximum Gasteiger partial charge on any atom is 0.256 e. The van der Waals surface area contributed by atoms with E-state index in [4.69, 9.17) is 4.42 Å². The van der Waals surface area contributed by atoms with E-state index in [1.54, 1.807) is 30.0 Å². The van der Waals surface area contributed by atoms with E-state index in [-0.39, 0.29) is 4.90 Å². The van der Waals surface area contributed by atoms with Gasteiger partial charge in [-0.15, -0.1) is 0 Å². The fraction of sp³-hybridized carbons (Fsp3) is 0.462. The molecule has 1 aromatic heterocycles. The molecule has 0 aliphatic carbocycles. The molecule has 7 heteroatoms. The van der Waals surface area contributed by atoms with Crippen LogP contribution in [0.5, 0.6) is 0 Å². The number of hydrogen-bond acceptors (Lipinski definition) is 5. The summed E-state index contributed by atoms with van der Waals surface area (Å²) < 4.78 is 30.9. The minimum atomic E-state index is -3.44. The van der Waals surface area contributed by atoms with Crippen molar-refractivity contribution in [3.63, 3.8) is 0 Å². The van der Waals surface area contributed by atoms with Crippen LogP contribution in [0.4, 0.5) is 0 Å².